The van der Waals surface area contributed by atoms with Crippen LogP contribution in [0.2, 0.25) is 0 Å². The van der Waals surface area contributed by atoms with E-state index in [2.05, 4.69) is 36.0 Å². The quantitative estimate of drug-likeness (QED) is 0.908. The van der Waals surface area contributed by atoms with E-state index in [0.717, 1.165) is 37.5 Å². The molecule has 3 rings (SSSR count). The van der Waals surface area contributed by atoms with Gasteiger partial charge in [0, 0.05) is 17.4 Å². The molecule has 1 aromatic carbocycles. The Bertz CT molecular complexity index is 701. The van der Waals surface area contributed by atoms with E-state index < -0.39 is 11.7 Å². The molecule has 0 bridgehead atoms. The highest BCUT2D eigenvalue weighted by Crippen LogP contribution is 2.16. The van der Waals surface area contributed by atoms with Crippen molar-refractivity contribution in [2.75, 3.05) is 0 Å². The molecule has 7 heteroatoms. The molecule has 1 aromatic heterocycles. The van der Waals surface area contributed by atoms with Crippen LogP contribution in [-0.2, 0) is 19.5 Å². The molecule has 0 fully saturated rings. The van der Waals surface area contributed by atoms with Gasteiger partial charge in [0.15, 0.2) is 5.82 Å². The second-order valence-electron chi connectivity index (χ2n) is 5.30. The summed E-state index contributed by atoms with van der Waals surface area (Å²) in [6.45, 7) is 1.13. The zero-order valence-electron chi connectivity index (χ0n) is 12.0. The van der Waals surface area contributed by atoms with Crippen LogP contribution in [0.3, 0.4) is 0 Å². The molecular formula is C15H16BrFN4O. The van der Waals surface area contributed by atoms with Gasteiger partial charge in [0.25, 0.3) is 5.91 Å². The maximum Gasteiger partial charge on any atom is 0.254 e. The average molecular weight is 367 g/mol. The molecule has 5 nitrogen and oxygen atoms in total. The molecule has 22 heavy (non-hydrogen) atoms. The predicted octanol–water partition coefficient (Wildman–Crippen LogP) is 2.84. The minimum absolute atomic E-state index is 0.0267. The topological polar surface area (TPSA) is 59.8 Å². The smallest absolute Gasteiger partial charge is 0.254 e. The standard InChI is InChI=1S/C15H16BrFN4O/c16-10-5-6-11(12(17)8-10)15(22)18-9-14-20-19-13-4-2-1-3-7-21(13)14/h5-6,8H,1-4,7,9H2,(H,18,22). The van der Waals surface area contributed by atoms with Crippen molar-refractivity contribution < 1.29 is 9.18 Å². The van der Waals surface area contributed by atoms with E-state index in [0.29, 0.717) is 4.47 Å². The Balaban J connectivity index is 1.70. The van der Waals surface area contributed by atoms with E-state index in [1.54, 1.807) is 6.07 Å². The SMILES string of the molecule is O=C(NCc1nnc2n1CCCCC2)c1ccc(Br)cc1F. The normalized spacial score (nSPS) is 14.3. The number of aryl methyl sites for hydroxylation is 1. The number of hydrogen-bond acceptors (Lipinski definition) is 3. The number of benzene rings is 1. The molecule has 2 aromatic rings. The average Bonchev–Trinajstić information content (AvgIpc) is 2.72. The maximum absolute atomic E-state index is 13.8. The van der Waals surface area contributed by atoms with E-state index in [4.69, 9.17) is 0 Å². The van der Waals surface area contributed by atoms with Crippen LogP contribution in [-0.4, -0.2) is 20.7 Å². The lowest BCUT2D eigenvalue weighted by Crippen LogP contribution is -2.25. The van der Waals surface area contributed by atoms with Gasteiger partial charge in [0.05, 0.1) is 12.1 Å². The van der Waals surface area contributed by atoms with Gasteiger partial charge in [-0.2, -0.15) is 0 Å². The minimum atomic E-state index is -0.549. The largest absolute Gasteiger partial charge is 0.345 e. The van der Waals surface area contributed by atoms with Crippen LogP contribution in [0, 0.1) is 5.82 Å². The number of nitrogens with zero attached hydrogens (tertiary/aromatic N) is 3. The van der Waals surface area contributed by atoms with E-state index in [9.17, 15) is 9.18 Å². The van der Waals surface area contributed by atoms with Crippen LogP contribution in [0.4, 0.5) is 4.39 Å². The van der Waals surface area contributed by atoms with Crippen molar-refractivity contribution in [2.45, 2.75) is 38.8 Å². The van der Waals surface area contributed by atoms with Gasteiger partial charge >= 0.3 is 0 Å². The summed E-state index contributed by atoms with van der Waals surface area (Å²) in [6, 6.07) is 4.37. The third kappa shape index (κ3) is 3.19. The highest BCUT2D eigenvalue weighted by Gasteiger charge is 2.16. The molecule has 0 aliphatic carbocycles. The molecule has 116 valence electrons. The molecule has 0 radical (unpaired) electrons. The van der Waals surface area contributed by atoms with Crippen LogP contribution >= 0.6 is 15.9 Å². The molecule has 0 atom stereocenters. The lowest BCUT2D eigenvalue weighted by atomic mass is 10.2. The van der Waals surface area contributed by atoms with Crippen molar-refractivity contribution in [1.82, 2.24) is 20.1 Å². The Morgan fingerprint density at radius 3 is 3.00 bits per heavy atom. The molecule has 0 unspecified atom stereocenters. The summed E-state index contributed by atoms with van der Waals surface area (Å²) in [6.07, 6.45) is 4.31. The first kappa shape index (κ1) is 15.1. The number of halogens is 2. The van der Waals surface area contributed by atoms with E-state index in [1.807, 2.05) is 0 Å². The number of fused-ring (bicyclic) bond motifs is 1. The number of hydrogen-bond donors (Lipinski definition) is 1. The number of amides is 1. The monoisotopic (exact) mass is 366 g/mol. The fourth-order valence-electron chi connectivity index (χ4n) is 2.60. The summed E-state index contributed by atoms with van der Waals surface area (Å²) in [5.74, 6) is 0.697. The Morgan fingerprint density at radius 1 is 1.32 bits per heavy atom. The van der Waals surface area contributed by atoms with Crippen LogP contribution < -0.4 is 5.32 Å². The van der Waals surface area contributed by atoms with Crippen LogP contribution in [0.5, 0.6) is 0 Å². The Labute approximate surface area is 136 Å². The second kappa shape index (κ2) is 6.56. The van der Waals surface area contributed by atoms with Gasteiger partial charge in [0.1, 0.15) is 11.6 Å². The van der Waals surface area contributed by atoms with E-state index in [-0.39, 0.29) is 12.1 Å². The number of rotatable bonds is 3. The summed E-state index contributed by atoms with van der Waals surface area (Å²) in [7, 11) is 0. The van der Waals surface area contributed by atoms with Gasteiger partial charge in [0.2, 0.25) is 0 Å². The van der Waals surface area contributed by atoms with Crippen molar-refractivity contribution in [3.05, 3.63) is 45.7 Å². The lowest BCUT2D eigenvalue weighted by molar-refractivity contribution is 0.0945. The van der Waals surface area contributed by atoms with Gasteiger partial charge in [-0.1, -0.05) is 22.4 Å². The fraction of sp³-hybridized carbons (Fsp3) is 0.400. The highest BCUT2D eigenvalue weighted by atomic mass is 79.9. The number of carbonyl (C=O) groups excluding carboxylic acids is 1. The zero-order chi connectivity index (χ0) is 15.5. The number of nitrogens with one attached hydrogen (secondary N) is 1. The van der Waals surface area contributed by atoms with Crippen molar-refractivity contribution in [3.63, 3.8) is 0 Å². The van der Waals surface area contributed by atoms with Crippen molar-refractivity contribution >= 4 is 21.8 Å². The highest BCUT2D eigenvalue weighted by molar-refractivity contribution is 9.10. The van der Waals surface area contributed by atoms with Gasteiger partial charge < -0.3 is 9.88 Å². The molecule has 1 aliphatic rings. The van der Waals surface area contributed by atoms with Gasteiger partial charge in [-0.05, 0) is 31.0 Å². The summed E-state index contributed by atoms with van der Waals surface area (Å²) >= 11 is 3.17. The van der Waals surface area contributed by atoms with Gasteiger partial charge in [-0.3, -0.25) is 4.79 Å². The van der Waals surface area contributed by atoms with Gasteiger partial charge in [-0.15, -0.1) is 10.2 Å². The first-order chi connectivity index (χ1) is 10.6. The molecule has 0 saturated carbocycles. The second-order valence-corrected chi connectivity index (χ2v) is 6.22. The van der Waals surface area contributed by atoms with Crippen LogP contribution in [0.1, 0.15) is 41.3 Å². The third-order valence-electron chi connectivity index (χ3n) is 3.77. The number of aromatic nitrogens is 3. The molecular weight excluding hydrogens is 351 g/mol. The number of carbonyl (C=O) groups is 1. The zero-order valence-corrected chi connectivity index (χ0v) is 13.6. The fourth-order valence-corrected chi connectivity index (χ4v) is 2.94. The third-order valence-corrected chi connectivity index (χ3v) is 4.26. The minimum Gasteiger partial charge on any atom is -0.345 e. The molecule has 0 spiro atoms. The molecule has 1 amide bonds. The van der Waals surface area contributed by atoms with Crippen molar-refractivity contribution in [2.24, 2.45) is 0 Å². The Kier molecular flexibility index (Phi) is 4.52. The summed E-state index contributed by atoms with van der Waals surface area (Å²) < 4.78 is 16.4. The summed E-state index contributed by atoms with van der Waals surface area (Å²) in [5.41, 5.74) is 0.0267. The van der Waals surface area contributed by atoms with Crippen LogP contribution in [0.25, 0.3) is 0 Å². The van der Waals surface area contributed by atoms with Crippen molar-refractivity contribution in [3.8, 4) is 0 Å². The molecule has 0 saturated heterocycles. The first-order valence-corrected chi connectivity index (χ1v) is 8.08. The summed E-state index contributed by atoms with van der Waals surface area (Å²) in [4.78, 5) is 12.1. The van der Waals surface area contributed by atoms with E-state index >= 15 is 0 Å². The molecule has 2 heterocycles. The van der Waals surface area contributed by atoms with E-state index in [1.165, 1.54) is 18.6 Å². The van der Waals surface area contributed by atoms with Crippen LogP contribution in [0.15, 0.2) is 22.7 Å². The predicted molar refractivity (Wildman–Crippen MR) is 82.8 cm³/mol. The molecule has 1 aliphatic heterocycles. The maximum atomic E-state index is 13.8. The summed E-state index contributed by atoms with van der Waals surface area (Å²) in [5, 5.41) is 11.0. The molecule has 1 N–H and O–H groups in total. The Morgan fingerprint density at radius 2 is 2.18 bits per heavy atom. The van der Waals surface area contributed by atoms with Gasteiger partial charge in [-0.25, -0.2) is 4.39 Å². The Hall–Kier alpha value is -1.76. The lowest BCUT2D eigenvalue weighted by Gasteiger charge is -2.09. The first-order valence-electron chi connectivity index (χ1n) is 7.29. The van der Waals surface area contributed by atoms with Crippen molar-refractivity contribution in [1.29, 1.82) is 0 Å².